The molecule has 0 radical (unpaired) electrons. The maximum Gasteiger partial charge on any atom is 0.254 e. The predicted molar refractivity (Wildman–Crippen MR) is 99.5 cm³/mol. The normalized spacial score (nSPS) is 21.9. The Hall–Kier alpha value is -2.83. The van der Waals surface area contributed by atoms with Gasteiger partial charge in [0, 0.05) is 50.9 Å². The van der Waals surface area contributed by atoms with Crippen LogP contribution < -0.4 is 4.74 Å². The Morgan fingerprint density at radius 2 is 1.89 bits per heavy atom. The van der Waals surface area contributed by atoms with Crippen molar-refractivity contribution >= 4 is 11.8 Å². The fraction of sp³-hybridized carbons (Fsp3) is 0.450. The first-order chi connectivity index (χ1) is 13.1. The molecule has 2 aliphatic rings. The van der Waals surface area contributed by atoms with Crippen LogP contribution in [-0.2, 0) is 11.8 Å². The van der Waals surface area contributed by atoms with Crippen LogP contribution in [0, 0.1) is 5.92 Å². The number of aryl methyl sites for hydroxylation is 1. The number of carbonyl (C=O) groups excluding carboxylic acids is 2. The molecule has 1 saturated heterocycles. The van der Waals surface area contributed by atoms with E-state index in [4.69, 9.17) is 4.74 Å². The molecule has 2 heterocycles. The number of amides is 2. The maximum atomic E-state index is 12.8. The van der Waals surface area contributed by atoms with Gasteiger partial charge in [-0.1, -0.05) is 6.07 Å². The van der Waals surface area contributed by atoms with Gasteiger partial charge in [-0.2, -0.15) is 5.10 Å². The van der Waals surface area contributed by atoms with E-state index in [1.54, 1.807) is 23.9 Å². The van der Waals surface area contributed by atoms with Crippen LogP contribution in [0.4, 0.5) is 0 Å². The monoisotopic (exact) mass is 368 g/mol. The van der Waals surface area contributed by atoms with E-state index < -0.39 is 0 Å². The summed E-state index contributed by atoms with van der Waals surface area (Å²) in [5, 5.41) is 4.19. The molecule has 1 aliphatic heterocycles. The van der Waals surface area contributed by atoms with Crippen molar-refractivity contribution in [2.45, 2.75) is 12.3 Å². The van der Waals surface area contributed by atoms with Crippen molar-refractivity contribution in [3.05, 3.63) is 47.8 Å². The fourth-order valence-corrected chi connectivity index (χ4v) is 3.77. The second kappa shape index (κ2) is 7.06. The van der Waals surface area contributed by atoms with Crippen molar-refractivity contribution in [2.24, 2.45) is 13.0 Å². The summed E-state index contributed by atoms with van der Waals surface area (Å²) in [7, 11) is 3.48. The lowest BCUT2D eigenvalue weighted by molar-refractivity contribution is -0.134. The zero-order valence-corrected chi connectivity index (χ0v) is 15.7. The Labute approximate surface area is 158 Å². The van der Waals surface area contributed by atoms with Crippen LogP contribution in [0.5, 0.6) is 5.75 Å². The van der Waals surface area contributed by atoms with Gasteiger partial charge >= 0.3 is 0 Å². The molecule has 4 rings (SSSR count). The average molecular weight is 368 g/mol. The molecule has 2 aromatic rings. The quantitative estimate of drug-likeness (QED) is 0.821. The number of ether oxygens (including phenoxy) is 1. The van der Waals surface area contributed by atoms with Gasteiger partial charge < -0.3 is 14.5 Å². The summed E-state index contributed by atoms with van der Waals surface area (Å²) in [4.78, 5) is 29.2. The number of benzene rings is 1. The van der Waals surface area contributed by atoms with Crippen LogP contribution in [0.15, 0.2) is 36.7 Å². The molecule has 0 bridgehead atoms. The van der Waals surface area contributed by atoms with E-state index in [1.807, 2.05) is 41.4 Å². The van der Waals surface area contributed by atoms with Crippen molar-refractivity contribution in [3.63, 3.8) is 0 Å². The highest BCUT2D eigenvalue weighted by molar-refractivity contribution is 5.95. The summed E-state index contributed by atoms with van der Waals surface area (Å²) in [5.74, 6) is 1.22. The molecule has 2 fully saturated rings. The van der Waals surface area contributed by atoms with Crippen molar-refractivity contribution in [1.82, 2.24) is 19.6 Å². The highest BCUT2D eigenvalue weighted by atomic mass is 16.5. The van der Waals surface area contributed by atoms with Crippen molar-refractivity contribution in [1.29, 1.82) is 0 Å². The molecule has 7 heteroatoms. The zero-order chi connectivity index (χ0) is 19.0. The maximum absolute atomic E-state index is 12.8. The summed E-state index contributed by atoms with van der Waals surface area (Å²) < 4.78 is 6.97. The fourth-order valence-electron chi connectivity index (χ4n) is 3.77. The lowest BCUT2D eigenvalue weighted by Crippen LogP contribution is -2.51. The SMILES string of the molecule is COc1cccc(C(=O)N2CCN(C(=O)C3CC3c3cnn(C)c3)CC2)c1. The number of carbonyl (C=O) groups is 2. The molecule has 2 atom stereocenters. The average Bonchev–Trinajstić information content (AvgIpc) is 3.40. The number of aromatic nitrogens is 2. The molecule has 2 amide bonds. The minimum atomic E-state index is -0.0133. The minimum Gasteiger partial charge on any atom is -0.497 e. The second-order valence-corrected chi connectivity index (χ2v) is 7.25. The van der Waals surface area contributed by atoms with E-state index in [1.165, 1.54) is 0 Å². The minimum absolute atomic E-state index is 0.0133. The molecule has 7 nitrogen and oxygen atoms in total. The molecule has 0 N–H and O–H groups in total. The molecule has 1 aliphatic carbocycles. The number of nitrogens with zero attached hydrogens (tertiary/aromatic N) is 4. The smallest absolute Gasteiger partial charge is 0.254 e. The van der Waals surface area contributed by atoms with Gasteiger partial charge in [-0.15, -0.1) is 0 Å². The number of hydrogen-bond donors (Lipinski definition) is 0. The molecule has 2 unspecified atom stereocenters. The van der Waals surface area contributed by atoms with E-state index in [0.717, 1.165) is 12.0 Å². The summed E-state index contributed by atoms with van der Waals surface area (Å²) >= 11 is 0. The molecular formula is C20H24N4O3. The largest absolute Gasteiger partial charge is 0.497 e. The molecule has 1 saturated carbocycles. The number of rotatable bonds is 4. The predicted octanol–water partition coefficient (Wildman–Crippen LogP) is 1.52. The van der Waals surface area contributed by atoms with E-state index in [0.29, 0.717) is 43.4 Å². The molecule has 1 aromatic heterocycles. The molecule has 0 spiro atoms. The zero-order valence-electron chi connectivity index (χ0n) is 15.7. The molecular weight excluding hydrogens is 344 g/mol. The second-order valence-electron chi connectivity index (χ2n) is 7.25. The molecule has 1 aromatic carbocycles. The third-order valence-electron chi connectivity index (χ3n) is 5.46. The standard InChI is InChI=1S/C20H24N4O3/c1-22-13-15(12-21-22)17-11-18(17)20(26)24-8-6-23(7-9-24)19(25)14-4-3-5-16(10-14)27-2/h3-5,10,12-13,17-18H,6-9,11H2,1-2H3. The lowest BCUT2D eigenvalue weighted by Gasteiger charge is -2.35. The Morgan fingerprint density at radius 3 is 2.56 bits per heavy atom. The van der Waals surface area contributed by atoms with Crippen LogP contribution in [0.25, 0.3) is 0 Å². The van der Waals surface area contributed by atoms with E-state index in [2.05, 4.69) is 5.10 Å². The van der Waals surface area contributed by atoms with Crippen LogP contribution in [0.3, 0.4) is 0 Å². The van der Waals surface area contributed by atoms with Crippen molar-refractivity contribution < 1.29 is 14.3 Å². The summed E-state index contributed by atoms with van der Waals surface area (Å²) in [5.41, 5.74) is 1.76. The Balaban J connectivity index is 1.32. The van der Waals surface area contributed by atoms with Crippen LogP contribution in [-0.4, -0.2) is 64.7 Å². The van der Waals surface area contributed by atoms with E-state index >= 15 is 0 Å². The van der Waals surface area contributed by atoms with Crippen molar-refractivity contribution in [3.8, 4) is 5.75 Å². The van der Waals surface area contributed by atoms with Gasteiger partial charge in [-0.3, -0.25) is 14.3 Å². The Bertz CT molecular complexity index is 854. The van der Waals surface area contributed by atoms with Gasteiger partial charge in [-0.25, -0.2) is 0 Å². The lowest BCUT2D eigenvalue weighted by atomic mass is 10.1. The van der Waals surface area contributed by atoms with E-state index in [9.17, 15) is 9.59 Å². The Morgan fingerprint density at radius 1 is 1.15 bits per heavy atom. The van der Waals surface area contributed by atoms with Gasteiger partial charge in [0.25, 0.3) is 5.91 Å². The van der Waals surface area contributed by atoms with Gasteiger partial charge in [0.2, 0.25) is 5.91 Å². The highest BCUT2D eigenvalue weighted by Gasteiger charge is 2.46. The topological polar surface area (TPSA) is 67.7 Å². The summed E-state index contributed by atoms with van der Waals surface area (Å²) in [6, 6.07) is 7.19. The number of piperazine rings is 1. The molecule has 142 valence electrons. The van der Waals surface area contributed by atoms with Gasteiger partial charge in [0.1, 0.15) is 5.75 Å². The molecule has 27 heavy (non-hydrogen) atoms. The van der Waals surface area contributed by atoms with Crippen LogP contribution in [0.2, 0.25) is 0 Å². The number of hydrogen-bond acceptors (Lipinski definition) is 4. The summed E-state index contributed by atoms with van der Waals surface area (Å²) in [6.45, 7) is 2.30. The third-order valence-corrected chi connectivity index (χ3v) is 5.46. The van der Waals surface area contributed by atoms with Crippen molar-refractivity contribution in [2.75, 3.05) is 33.3 Å². The van der Waals surface area contributed by atoms with Gasteiger partial charge in [0.15, 0.2) is 0 Å². The first-order valence-corrected chi connectivity index (χ1v) is 9.27. The van der Waals surface area contributed by atoms with Crippen LogP contribution >= 0.6 is 0 Å². The highest BCUT2D eigenvalue weighted by Crippen LogP contribution is 2.48. The number of methoxy groups -OCH3 is 1. The third kappa shape index (κ3) is 3.54. The van der Waals surface area contributed by atoms with Gasteiger partial charge in [0.05, 0.1) is 13.3 Å². The first-order valence-electron chi connectivity index (χ1n) is 9.27. The first kappa shape index (κ1) is 17.6. The van der Waals surface area contributed by atoms with Gasteiger partial charge in [-0.05, 0) is 36.1 Å². The summed E-state index contributed by atoms with van der Waals surface area (Å²) in [6.07, 6.45) is 4.73. The van der Waals surface area contributed by atoms with E-state index in [-0.39, 0.29) is 17.7 Å². The van der Waals surface area contributed by atoms with Crippen LogP contribution in [0.1, 0.15) is 28.3 Å². The Kier molecular flexibility index (Phi) is 4.59.